The van der Waals surface area contributed by atoms with Crippen molar-refractivity contribution >= 4 is 22.4 Å². The number of nitrogens with zero attached hydrogens (tertiary/aromatic N) is 3. The highest BCUT2D eigenvalue weighted by atomic mass is 32.1. The molecule has 18 heavy (non-hydrogen) atoms. The molecule has 1 aliphatic heterocycles. The Morgan fingerprint density at radius 3 is 2.94 bits per heavy atom. The fraction of sp³-hybridized carbons (Fsp3) is 0.667. The maximum Gasteiger partial charge on any atom is 0.317 e. The minimum Gasteiger partial charge on any atom is -0.480 e. The van der Waals surface area contributed by atoms with E-state index >= 15 is 0 Å². The Bertz CT molecular complexity index is 408. The van der Waals surface area contributed by atoms with E-state index < -0.39 is 5.97 Å². The monoisotopic (exact) mass is 269 g/mol. The van der Waals surface area contributed by atoms with Gasteiger partial charge in [-0.15, -0.1) is 11.3 Å². The van der Waals surface area contributed by atoms with Crippen molar-refractivity contribution in [2.75, 3.05) is 37.6 Å². The Hall–Kier alpha value is -1.14. The van der Waals surface area contributed by atoms with Gasteiger partial charge in [-0.2, -0.15) is 0 Å². The highest BCUT2D eigenvalue weighted by molar-refractivity contribution is 7.13. The molecule has 2 heterocycles. The number of aryl methyl sites for hydroxylation is 1. The number of hydrogen-bond acceptors (Lipinski definition) is 5. The van der Waals surface area contributed by atoms with E-state index in [4.69, 9.17) is 5.11 Å². The van der Waals surface area contributed by atoms with Gasteiger partial charge in [-0.3, -0.25) is 9.69 Å². The molecule has 0 aliphatic carbocycles. The van der Waals surface area contributed by atoms with E-state index in [1.165, 1.54) is 0 Å². The van der Waals surface area contributed by atoms with Gasteiger partial charge in [-0.25, -0.2) is 4.98 Å². The molecule has 1 fully saturated rings. The summed E-state index contributed by atoms with van der Waals surface area (Å²) in [5.74, 6) is -0.744. The van der Waals surface area contributed by atoms with Gasteiger partial charge in [0.1, 0.15) is 0 Å². The van der Waals surface area contributed by atoms with Crippen molar-refractivity contribution in [2.24, 2.45) is 0 Å². The van der Waals surface area contributed by atoms with Crippen LogP contribution >= 0.6 is 11.3 Å². The van der Waals surface area contributed by atoms with E-state index in [2.05, 4.69) is 22.2 Å². The average Bonchev–Trinajstić information content (AvgIpc) is 2.70. The molecular weight excluding hydrogens is 250 g/mol. The second-order valence-corrected chi connectivity index (χ2v) is 5.32. The lowest BCUT2D eigenvalue weighted by atomic mass is 10.4. The van der Waals surface area contributed by atoms with Crippen LogP contribution in [-0.4, -0.2) is 53.7 Å². The van der Waals surface area contributed by atoms with Crippen molar-refractivity contribution in [1.82, 2.24) is 9.88 Å². The third-order valence-corrected chi connectivity index (χ3v) is 4.07. The fourth-order valence-electron chi connectivity index (χ4n) is 2.12. The van der Waals surface area contributed by atoms with Crippen LogP contribution in [0, 0.1) is 0 Å². The van der Waals surface area contributed by atoms with Crippen LogP contribution in [0.2, 0.25) is 0 Å². The van der Waals surface area contributed by atoms with Crippen molar-refractivity contribution in [3.8, 4) is 0 Å². The Morgan fingerprint density at radius 2 is 2.28 bits per heavy atom. The molecule has 0 spiro atoms. The molecule has 5 nitrogen and oxygen atoms in total. The largest absolute Gasteiger partial charge is 0.480 e. The molecule has 100 valence electrons. The third kappa shape index (κ3) is 3.43. The summed E-state index contributed by atoms with van der Waals surface area (Å²) in [6, 6.07) is 0. The number of aliphatic carboxylic acids is 1. The van der Waals surface area contributed by atoms with Gasteiger partial charge in [0, 0.05) is 31.6 Å². The Kier molecular flexibility index (Phi) is 4.54. The maximum atomic E-state index is 10.7. The van der Waals surface area contributed by atoms with Crippen LogP contribution in [0.5, 0.6) is 0 Å². The SMILES string of the molecule is CCc1csc(N2CCCN(CC(=O)O)CC2)n1. The smallest absolute Gasteiger partial charge is 0.317 e. The van der Waals surface area contributed by atoms with Gasteiger partial charge < -0.3 is 10.0 Å². The van der Waals surface area contributed by atoms with Crippen molar-refractivity contribution in [2.45, 2.75) is 19.8 Å². The van der Waals surface area contributed by atoms with Crippen molar-refractivity contribution in [3.05, 3.63) is 11.1 Å². The van der Waals surface area contributed by atoms with Crippen molar-refractivity contribution < 1.29 is 9.90 Å². The van der Waals surface area contributed by atoms with Gasteiger partial charge in [-0.1, -0.05) is 6.92 Å². The van der Waals surface area contributed by atoms with E-state index in [0.29, 0.717) is 0 Å². The topological polar surface area (TPSA) is 56.7 Å². The molecule has 1 N–H and O–H groups in total. The van der Waals surface area contributed by atoms with Gasteiger partial charge in [-0.05, 0) is 12.8 Å². The standard InChI is InChI=1S/C12H19N3O2S/c1-2-10-9-18-12(13-10)15-5-3-4-14(6-7-15)8-11(16)17/h9H,2-8H2,1H3,(H,16,17). The molecule has 0 saturated carbocycles. The van der Waals surface area contributed by atoms with Crippen LogP contribution in [0.1, 0.15) is 19.0 Å². The van der Waals surface area contributed by atoms with Gasteiger partial charge in [0.2, 0.25) is 0 Å². The molecular formula is C12H19N3O2S. The summed E-state index contributed by atoms with van der Waals surface area (Å²) in [4.78, 5) is 19.6. The van der Waals surface area contributed by atoms with Crippen LogP contribution in [0.25, 0.3) is 0 Å². The van der Waals surface area contributed by atoms with Gasteiger partial charge in [0.05, 0.1) is 12.2 Å². The number of carbonyl (C=O) groups is 1. The second kappa shape index (κ2) is 6.15. The number of hydrogen-bond donors (Lipinski definition) is 1. The first-order chi connectivity index (χ1) is 8.69. The number of rotatable bonds is 4. The van der Waals surface area contributed by atoms with Crippen molar-refractivity contribution in [1.29, 1.82) is 0 Å². The number of anilines is 1. The molecule has 1 saturated heterocycles. The average molecular weight is 269 g/mol. The highest BCUT2D eigenvalue weighted by Gasteiger charge is 2.18. The number of aromatic nitrogens is 1. The third-order valence-electron chi connectivity index (χ3n) is 3.12. The predicted molar refractivity (Wildman–Crippen MR) is 72.4 cm³/mol. The molecule has 6 heteroatoms. The zero-order valence-electron chi connectivity index (χ0n) is 10.6. The normalized spacial score (nSPS) is 17.7. The summed E-state index contributed by atoms with van der Waals surface area (Å²) in [6.07, 6.45) is 1.96. The molecule has 0 radical (unpaired) electrons. The van der Waals surface area contributed by atoms with Crippen LogP contribution in [-0.2, 0) is 11.2 Å². The van der Waals surface area contributed by atoms with Crippen molar-refractivity contribution in [3.63, 3.8) is 0 Å². The van der Waals surface area contributed by atoms with E-state index in [1.54, 1.807) is 11.3 Å². The minimum atomic E-state index is -0.744. The highest BCUT2D eigenvalue weighted by Crippen LogP contribution is 2.22. The summed E-state index contributed by atoms with van der Waals surface area (Å²) < 4.78 is 0. The van der Waals surface area contributed by atoms with Crippen LogP contribution in [0.3, 0.4) is 0 Å². The molecule has 0 amide bonds. The quantitative estimate of drug-likeness (QED) is 0.893. The molecule has 0 atom stereocenters. The molecule has 0 aromatic carbocycles. The zero-order valence-corrected chi connectivity index (χ0v) is 11.4. The molecule has 1 aliphatic rings. The lowest BCUT2D eigenvalue weighted by Gasteiger charge is -2.20. The summed E-state index contributed by atoms with van der Waals surface area (Å²) in [5.41, 5.74) is 1.14. The van der Waals surface area contributed by atoms with E-state index in [-0.39, 0.29) is 6.54 Å². The Balaban J connectivity index is 1.94. The molecule has 1 aromatic rings. The summed E-state index contributed by atoms with van der Waals surface area (Å²) >= 11 is 1.69. The lowest BCUT2D eigenvalue weighted by molar-refractivity contribution is -0.138. The first-order valence-electron chi connectivity index (χ1n) is 6.32. The Labute approximate surface area is 111 Å². The summed E-state index contributed by atoms with van der Waals surface area (Å²) in [6.45, 7) is 5.74. The zero-order chi connectivity index (χ0) is 13.0. The fourth-order valence-corrected chi connectivity index (χ4v) is 3.08. The van der Waals surface area contributed by atoms with Crippen LogP contribution in [0.4, 0.5) is 5.13 Å². The summed E-state index contributed by atoms with van der Waals surface area (Å²) in [7, 11) is 0. The van der Waals surface area contributed by atoms with Gasteiger partial charge in [0.25, 0.3) is 0 Å². The first kappa shape index (κ1) is 13.3. The van der Waals surface area contributed by atoms with Crippen LogP contribution < -0.4 is 4.90 Å². The predicted octanol–water partition coefficient (Wildman–Crippen LogP) is 1.30. The minimum absolute atomic E-state index is 0.145. The first-order valence-corrected chi connectivity index (χ1v) is 7.20. The summed E-state index contributed by atoms with van der Waals surface area (Å²) in [5, 5.41) is 12.0. The second-order valence-electron chi connectivity index (χ2n) is 4.49. The van der Waals surface area contributed by atoms with Gasteiger partial charge >= 0.3 is 5.97 Å². The number of carboxylic acid groups (broad SMARTS) is 1. The van der Waals surface area contributed by atoms with E-state index in [1.807, 2.05) is 4.90 Å². The molecule has 0 unspecified atom stereocenters. The van der Waals surface area contributed by atoms with E-state index in [0.717, 1.165) is 49.8 Å². The number of thiazole rings is 1. The maximum absolute atomic E-state index is 10.7. The Morgan fingerprint density at radius 1 is 1.44 bits per heavy atom. The molecule has 1 aromatic heterocycles. The lowest BCUT2D eigenvalue weighted by Crippen LogP contribution is -2.34. The number of carboxylic acids is 1. The van der Waals surface area contributed by atoms with Gasteiger partial charge in [0.15, 0.2) is 5.13 Å². The molecule has 0 bridgehead atoms. The molecule has 2 rings (SSSR count). The van der Waals surface area contributed by atoms with E-state index in [9.17, 15) is 4.79 Å². The van der Waals surface area contributed by atoms with Crippen LogP contribution in [0.15, 0.2) is 5.38 Å².